The van der Waals surface area contributed by atoms with E-state index in [1.54, 1.807) is 26.6 Å². The lowest BCUT2D eigenvalue weighted by molar-refractivity contribution is 0.276. The van der Waals surface area contributed by atoms with Crippen LogP contribution >= 0.6 is 11.3 Å². The minimum absolute atomic E-state index is 0.154. The van der Waals surface area contributed by atoms with E-state index in [0.29, 0.717) is 17.9 Å². The van der Waals surface area contributed by atoms with E-state index in [1.807, 2.05) is 29.6 Å². The Morgan fingerprint density at radius 1 is 1.19 bits per heavy atom. The molecule has 0 saturated heterocycles. The molecule has 0 aliphatic carbocycles. The molecule has 0 spiro atoms. The number of hydrogen-bond acceptors (Lipinski definition) is 6. The molecule has 4 aromatic heterocycles. The first-order valence-electron chi connectivity index (χ1n) is 8.28. The Morgan fingerprint density at radius 2 is 2.11 bits per heavy atom. The molecule has 134 valence electrons. The largest absolute Gasteiger partial charge is 0.390 e. The predicted molar refractivity (Wildman–Crippen MR) is 102 cm³/mol. The van der Waals surface area contributed by atoms with Gasteiger partial charge in [-0.05, 0) is 45.6 Å². The van der Waals surface area contributed by atoms with Crippen molar-refractivity contribution in [3.05, 3.63) is 69.0 Å². The van der Waals surface area contributed by atoms with Crippen LogP contribution in [0.5, 0.6) is 0 Å². The molecule has 0 saturated carbocycles. The summed E-state index contributed by atoms with van der Waals surface area (Å²) in [5.74, 6) is 0. The van der Waals surface area contributed by atoms with Crippen molar-refractivity contribution in [3.8, 4) is 11.1 Å². The number of thiophene rings is 1. The van der Waals surface area contributed by atoms with Gasteiger partial charge < -0.3 is 5.11 Å². The van der Waals surface area contributed by atoms with Crippen LogP contribution in [-0.2, 0) is 13.2 Å². The molecule has 5 rings (SSSR count). The number of hydrogen-bond donors (Lipinski definition) is 2. The summed E-state index contributed by atoms with van der Waals surface area (Å²) < 4.78 is 3.24. The number of aliphatic hydroxyl groups excluding tert-OH is 1. The molecule has 0 unspecified atom stereocenters. The Hall–Kier alpha value is -3.30. The Balaban J connectivity index is 1.74. The standard InChI is InChI=1S/C18H14N6O2S/c25-9-14-8-23(22-19-14)7-13-6-17-20-21-18(26)24(17)16-5-11(1-2-15(13)16)12-3-4-27-10-12/h1-6,8,10,25H,7,9H2,(H,21,26). The SMILES string of the molecule is O=c1[nH]nc2cc(Cn3cc(CO)nn3)c3ccc(-c4ccsc4)cc3n12. The van der Waals surface area contributed by atoms with Crippen LogP contribution in [0.15, 0.2) is 52.1 Å². The second-order valence-corrected chi connectivity index (χ2v) is 6.98. The molecule has 27 heavy (non-hydrogen) atoms. The zero-order chi connectivity index (χ0) is 18.4. The summed E-state index contributed by atoms with van der Waals surface area (Å²) in [6.07, 6.45) is 1.70. The maximum absolute atomic E-state index is 12.3. The molecule has 1 aromatic carbocycles. The predicted octanol–water partition coefficient (Wildman–Crippen LogP) is 2.04. The van der Waals surface area contributed by atoms with Crippen molar-refractivity contribution < 1.29 is 5.11 Å². The van der Waals surface area contributed by atoms with Gasteiger partial charge >= 0.3 is 5.69 Å². The van der Waals surface area contributed by atoms with Crippen LogP contribution in [0.4, 0.5) is 0 Å². The third-order valence-corrected chi connectivity index (χ3v) is 5.20. The van der Waals surface area contributed by atoms with E-state index < -0.39 is 0 Å². The molecule has 8 nitrogen and oxygen atoms in total. The van der Waals surface area contributed by atoms with Crippen LogP contribution in [0.1, 0.15) is 11.3 Å². The number of fused-ring (bicyclic) bond motifs is 3. The molecular formula is C18H14N6O2S. The molecular weight excluding hydrogens is 364 g/mol. The summed E-state index contributed by atoms with van der Waals surface area (Å²) in [6.45, 7) is 0.303. The van der Waals surface area contributed by atoms with Gasteiger partial charge in [0, 0.05) is 5.39 Å². The van der Waals surface area contributed by atoms with E-state index in [9.17, 15) is 9.90 Å². The maximum atomic E-state index is 12.3. The highest BCUT2D eigenvalue weighted by atomic mass is 32.1. The molecule has 0 aliphatic rings. The average Bonchev–Trinajstić information content (AvgIpc) is 3.43. The number of H-pyrrole nitrogens is 1. The minimum atomic E-state index is -0.271. The zero-order valence-corrected chi connectivity index (χ0v) is 14.8. The van der Waals surface area contributed by atoms with Gasteiger partial charge in [0.2, 0.25) is 0 Å². The van der Waals surface area contributed by atoms with Crippen LogP contribution in [0, 0.1) is 0 Å². The lowest BCUT2D eigenvalue weighted by Crippen LogP contribution is -2.11. The first kappa shape index (κ1) is 15.9. The fraction of sp³-hybridized carbons (Fsp3) is 0.111. The van der Waals surface area contributed by atoms with Crippen LogP contribution in [-0.4, -0.2) is 34.7 Å². The van der Waals surface area contributed by atoms with Crippen molar-refractivity contribution >= 4 is 27.9 Å². The van der Waals surface area contributed by atoms with Gasteiger partial charge in [0.15, 0.2) is 5.65 Å². The molecule has 2 N–H and O–H groups in total. The average molecular weight is 378 g/mol. The van der Waals surface area contributed by atoms with E-state index in [0.717, 1.165) is 27.6 Å². The third kappa shape index (κ3) is 2.64. The van der Waals surface area contributed by atoms with Crippen LogP contribution in [0.25, 0.3) is 27.7 Å². The van der Waals surface area contributed by atoms with Crippen molar-refractivity contribution in [2.75, 3.05) is 0 Å². The van der Waals surface area contributed by atoms with Gasteiger partial charge in [-0.25, -0.2) is 19.0 Å². The summed E-state index contributed by atoms with van der Waals surface area (Å²) in [4.78, 5) is 12.3. The molecule has 0 bridgehead atoms. The van der Waals surface area contributed by atoms with E-state index in [1.165, 1.54) is 0 Å². The summed E-state index contributed by atoms with van der Waals surface area (Å²) in [5, 5.41) is 28.8. The van der Waals surface area contributed by atoms with Crippen molar-refractivity contribution in [2.45, 2.75) is 13.2 Å². The van der Waals surface area contributed by atoms with E-state index in [4.69, 9.17) is 0 Å². The molecule has 0 fully saturated rings. The van der Waals surface area contributed by atoms with E-state index in [2.05, 4.69) is 32.0 Å². The van der Waals surface area contributed by atoms with Crippen molar-refractivity contribution in [1.29, 1.82) is 0 Å². The summed E-state index contributed by atoms with van der Waals surface area (Å²) in [7, 11) is 0. The van der Waals surface area contributed by atoms with Gasteiger partial charge in [-0.3, -0.25) is 0 Å². The number of aromatic nitrogens is 6. The van der Waals surface area contributed by atoms with Crippen molar-refractivity contribution in [2.24, 2.45) is 0 Å². The van der Waals surface area contributed by atoms with Crippen LogP contribution < -0.4 is 5.69 Å². The topological polar surface area (TPSA) is 101 Å². The zero-order valence-electron chi connectivity index (χ0n) is 14.0. The summed E-state index contributed by atoms with van der Waals surface area (Å²) >= 11 is 1.63. The lowest BCUT2D eigenvalue weighted by Gasteiger charge is -2.10. The normalized spacial score (nSPS) is 11.6. The van der Waals surface area contributed by atoms with Crippen LogP contribution in [0.2, 0.25) is 0 Å². The fourth-order valence-electron chi connectivity index (χ4n) is 3.26. The quantitative estimate of drug-likeness (QED) is 0.498. The van der Waals surface area contributed by atoms with Gasteiger partial charge in [-0.1, -0.05) is 17.3 Å². The minimum Gasteiger partial charge on any atom is -0.390 e. The number of rotatable bonds is 4. The number of pyridine rings is 1. The van der Waals surface area contributed by atoms with Gasteiger partial charge in [0.25, 0.3) is 0 Å². The fourth-order valence-corrected chi connectivity index (χ4v) is 3.93. The summed E-state index contributed by atoms with van der Waals surface area (Å²) in [6, 6.07) is 9.98. The van der Waals surface area contributed by atoms with Crippen molar-refractivity contribution in [1.82, 2.24) is 29.6 Å². The molecule has 0 aliphatic heterocycles. The molecule has 9 heteroatoms. The number of nitrogens with one attached hydrogen (secondary N) is 1. The summed E-state index contributed by atoms with van der Waals surface area (Å²) in [5.41, 5.74) is 4.69. The molecule has 0 amide bonds. The van der Waals surface area contributed by atoms with E-state index >= 15 is 0 Å². The Labute approximate surface area is 156 Å². The highest BCUT2D eigenvalue weighted by molar-refractivity contribution is 7.08. The van der Waals surface area contributed by atoms with Crippen LogP contribution in [0.3, 0.4) is 0 Å². The Bertz CT molecular complexity index is 1320. The van der Waals surface area contributed by atoms with Gasteiger partial charge in [-0.15, -0.1) is 5.10 Å². The lowest BCUT2D eigenvalue weighted by atomic mass is 10.0. The highest BCUT2D eigenvalue weighted by Gasteiger charge is 2.13. The second kappa shape index (κ2) is 6.15. The number of nitrogens with zero attached hydrogens (tertiary/aromatic N) is 5. The Morgan fingerprint density at radius 3 is 2.89 bits per heavy atom. The maximum Gasteiger partial charge on any atom is 0.348 e. The highest BCUT2D eigenvalue weighted by Crippen LogP contribution is 2.28. The molecule has 0 atom stereocenters. The van der Waals surface area contributed by atoms with Gasteiger partial charge in [-0.2, -0.15) is 16.4 Å². The molecule has 5 aromatic rings. The Kier molecular flexibility index (Phi) is 3.62. The van der Waals surface area contributed by atoms with Crippen molar-refractivity contribution in [3.63, 3.8) is 0 Å². The number of aromatic amines is 1. The van der Waals surface area contributed by atoms with E-state index in [-0.39, 0.29) is 12.3 Å². The first-order valence-corrected chi connectivity index (χ1v) is 9.22. The number of aliphatic hydroxyl groups is 1. The van der Waals surface area contributed by atoms with Gasteiger partial charge in [0.05, 0.1) is 24.9 Å². The first-order chi connectivity index (χ1) is 13.2. The van der Waals surface area contributed by atoms with Gasteiger partial charge in [0.1, 0.15) is 5.69 Å². The molecule has 4 heterocycles. The monoisotopic (exact) mass is 378 g/mol. The smallest absolute Gasteiger partial charge is 0.348 e. The number of benzene rings is 1. The molecule has 0 radical (unpaired) electrons. The second-order valence-electron chi connectivity index (χ2n) is 6.20. The third-order valence-electron chi connectivity index (χ3n) is 4.52.